The van der Waals surface area contributed by atoms with Crippen molar-refractivity contribution in [1.29, 1.82) is 0 Å². The number of carboxylic acids is 1. The fourth-order valence-corrected chi connectivity index (χ4v) is 3.56. The molecule has 5 nitrogen and oxygen atoms in total. The van der Waals surface area contributed by atoms with Crippen LogP contribution in [0.5, 0.6) is 5.75 Å². The number of carboxylic acid groups (broad SMARTS) is 1. The van der Waals surface area contributed by atoms with Gasteiger partial charge in [0.05, 0.1) is 12.7 Å². The van der Waals surface area contributed by atoms with Crippen molar-refractivity contribution in [2.45, 2.75) is 52.7 Å². The van der Waals surface area contributed by atoms with E-state index in [2.05, 4.69) is 18.7 Å². The van der Waals surface area contributed by atoms with Crippen molar-refractivity contribution >= 4 is 5.97 Å². The van der Waals surface area contributed by atoms with Gasteiger partial charge in [-0.1, -0.05) is 39.3 Å². The number of aliphatic hydroxyl groups is 1. The Morgan fingerprint density at radius 2 is 2.20 bits per heavy atom. The van der Waals surface area contributed by atoms with Gasteiger partial charge in [0.15, 0.2) is 0 Å². The van der Waals surface area contributed by atoms with Crippen molar-refractivity contribution in [2.75, 3.05) is 19.7 Å². The summed E-state index contributed by atoms with van der Waals surface area (Å²) in [5.74, 6) is 0.430. The third kappa shape index (κ3) is 4.95. The summed E-state index contributed by atoms with van der Waals surface area (Å²) in [6.45, 7) is 8.63. The van der Waals surface area contributed by atoms with Crippen LogP contribution < -0.4 is 4.74 Å². The molecule has 2 rings (SSSR count). The van der Waals surface area contributed by atoms with E-state index in [0.717, 1.165) is 17.7 Å². The third-order valence-corrected chi connectivity index (χ3v) is 4.87. The Labute approximate surface area is 150 Å². The average molecular weight is 349 g/mol. The Hall–Kier alpha value is -1.59. The molecule has 5 heteroatoms. The molecule has 1 aromatic rings. The lowest BCUT2D eigenvalue weighted by molar-refractivity contribution is -0.164. The number of benzene rings is 1. The molecule has 1 aliphatic rings. The molecule has 0 spiro atoms. The quantitative estimate of drug-likeness (QED) is 0.754. The van der Waals surface area contributed by atoms with E-state index in [1.54, 1.807) is 0 Å². The molecule has 2 N–H and O–H groups in total. The first-order chi connectivity index (χ1) is 11.9. The Kier molecular flexibility index (Phi) is 6.85. The maximum absolute atomic E-state index is 11.9. The lowest BCUT2D eigenvalue weighted by atomic mass is 9.74. The zero-order chi connectivity index (χ0) is 18.4. The smallest absolute Gasteiger partial charge is 0.313 e. The molecular formula is C20H31NO4. The molecule has 0 radical (unpaired) electrons. The molecule has 0 aromatic heterocycles. The van der Waals surface area contributed by atoms with Gasteiger partial charge in [-0.05, 0) is 36.5 Å². The summed E-state index contributed by atoms with van der Waals surface area (Å²) in [5, 5.41) is 20.1. The van der Waals surface area contributed by atoms with E-state index in [9.17, 15) is 15.0 Å². The SMILES string of the molecule is CCC[C@@]1(C(=O)O)CN(Cc2cccc(OCC(C)C)c2)CC[C@@H]1O. The number of hydrogen-bond acceptors (Lipinski definition) is 4. The van der Waals surface area contributed by atoms with Gasteiger partial charge in [0.2, 0.25) is 0 Å². The monoisotopic (exact) mass is 349 g/mol. The topological polar surface area (TPSA) is 70.0 Å². The molecule has 2 atom stereocenters. The van der Waals surface area contributed by atoms with Gasteiger partial charge in [0.25, 0.3) is 0 Å². The molecule has 0 bridgehead atoms. The Balaban J connectivity index is 2.07. The predicted molar refractivity (Wildman–Crippen MR) is 97.7 cm³/mol. The van der Waals surface area contributed by atoms with E-state index in [0.29, 0.717) is 45.0 Å². The van der Waals surface area contributed by atoms with Gasteiger partial charge >= 0.3 is 5.97 Å². The van der Waals surface area contributed by atoms with Crippen LogP contribution in [0.15, 0.2) is 24.3 Å². The maximum atomic E-state index is 11.9. The van der Waals surface area contributed by atoms with Crippen LogP contribution in [0.4, 0.5) is 0 Å². The molecule has 1 saturated heterocycles. The standard InChI is InChI=1S/C20H31NO4/c1-4-9-20(19(23)24)14-21(10-8-18(20)22)12-16-6-5-7-17(11-16)25-13-15(2)3/h5-7,11,15,18,22H,4,8-10,12-14H2,1-3H3,(H,23,24)/t18-,20+/m0/s1. The van der Waals surface area contributed by atoms with Gasteiger partial charge in [0.1, 0.15) is 11.2 Å². The summed E-state index contributed by atoms with van der Waals surface area (Å²) in [5.41, 5.74) is 0.0482. The Bertz CT molecular complexity index is 575. The van der Waals surface area contributed by atoms with Gasteiger partial charge in [-0.25, -0.2) is 0 Å². The maximum Gasteiger partial charge on any atom is 0.313 e. The zero-order valence-corrected chi connectivity index (χ0v) is 15.6. The van der Waals surface area contributed by atoms with Crippen LogP contribution in [0, 0.1) is 11.3 Å². The minimum atomic E-state index is -1.06. The third-order valence-electron chi connectivity index (χ3n) is 4.87. The van der Waals surface area contributed by atoms with Gasteiger partial charge in [-0.2, -0.15) is 0 Å². The number of carbonyl (C=O) groups is 1. The summed E-state index contributed by atoms with van der Waals surface area (Å²) >= 11 is 0. The number of piperidine rings is 1. The first-order valence-corrected chi connectivity index (χ1v) is 9.23. The number of ether oxygens (including phenoxy) is 1. The lowest BCUT2D eigenvalue weighted by Gasteiger charge is -2.43. The molecule has 1 aromatic carbocycles. The van der Waals surface area contributed by atoms with Gasteiger partial charge in [-0.15, -0.1) is 0 Å². The van der Waals surface area contributed by atoms with E-state index in [1.165, 1.54) is 0 Å². The highest BCUT2D eigenvalue weighted by Crippen LogP contribution is 2.36. The van der Waals surface area contributed by atoms with E-state index in [1.807, 2.05) is 31.2 Å². The van der Waals surface area contributed by atoms with Gasteiger partial charge in [0, 0.05) is 19.6 Å². The van der Waals surface area contributed by atoms with E-state index >= 15 is 0 Å². The molecule has 0 aliphatic carbocycles. The molecule has 1 fully saturated rings. The molecule has 1 heterocycles. The molecule has 0 amide bonds. The highest BCUT2D eigenvalue weighted by molar-refractivity contribution is 5.76. The van der Waals surface area contributed by atoms with Crippen LogP contribution in [-0.4, -0.2) is 46.9 Å². The summed E-state index contributed by atoms with van der Waals surface area (Å²) in [6, 6.07) is 7.98. The molecule has 140 valence electrons. The average Bonchev–Trinajstić information content (AvgIpc) is 2.56. The van der Waals surface area contributed by atoms with Crippen LogP contribution in [0.3, 0.4) is 0 Å². The Morgan fingerprint density at radius 3 is 2.84 bits per heavy atom. The van der Waals surface area contributed by atoms with Crippen molar-refractivity contribution in [3.63, 3.8) is 0 Å². The second-order valence-electron chi connectivity index (χ2n) is 7.58. The fourth-order valence-electron chi connectivity index (χ4n) is 3.56. The highest BCUT2D eigenvalue weighted by atomic mass is 16.5. The molecule has 1 aliphatic heterocycles. The summed E-state index contributed by atoms with van der Waals surface area (Å²) in [7, 11) is 0. The van der Waals surface area contributed by atoms with Crippen LogP contribution in [-0.2, 0) is 11.3 Å². The van der Waals surface area contributed by atoms with Crippen molar-refractivity contribution in [3.05, 3.63) is 29.8 Å². The second kappa shape index (κ2) is 8.68. The van der Waals surface area contributed by atoms with Crippen molar-refractivity contribution in [3.8, 4) is 5.75 Å². The molecular weight excluding hydrogens is 318 g/mol. The largest absolute Gasteiger partial charge is 0.493 e. The molecule has 0 saturated carbocycles. The van der Waals surface area contributed by atoms with E-state index in [4.69, 9.17) is 4.74 Å². The minimum Gasteiger partial charge on any atom is -0.493 e. The zero-order valence-electron chi connectivity index (χ0n) is 15.6. The van der Waals surface area contributed by atoms with Crippen LogP contribution >= 0.6 is 0 Å². The number of aliphatic hydroxyl groups excluding tert-OH is 1. The van der Waals surface area contributed by atoms with E-state index < -0.39 is 17.5 Å². The van der Waals surface area contributed by atoms with Crippen molar-refractivity contribution < 1.29 is 19.7 Å². The molecule has 0 unspecified atom stereocenters. The van der Waals surface area contributed by atoms with Gasteiger partial charge in [-0.3, -0.25) is 9.69 Å². The molecule has 25 heavy (non-hydrogen) atoms. The van der Waals surface area contributed by atoms with Crippen LogP contribution in [0.1, 0.15) is 45.6 Å². The number of hydrogen-bond donors (Lipinski definition) is 2. The van der Waals surface area contributed by atoms with Crippen LogP contribution in [0.2, 0.25) is 0 Å². The van der Waals surface area contributed by atoms with Gasteiger partial charge < -0.3 is 14.9 Å². The fraction of sp³-hybridized carbons (Fsp3) is 0.650. The number of aliphatic carboxylic acids is 1. The highest BCUT2D eigenvalue weighted by Gasteiger charge is 2.48. The summed E-state index contributed by atoms with van der Waals surface area (Å²) < 4.78 is 5.78. The van der Waals surface area contributed by atoms with Crippen molar-refractivity contribution in [2.24, 2.45) is 11.3 Å². The number of nitrogens with zero attached hydrogens (tertiary/aromatic N) is 1. The minimum absolute atomic E-state index is 0.383. The number of rotatable bonds is 8. The summed E-state index contributed by atoms with van der Waals surface area (Å²) in [4.78, 5) is 14.0. The van der Waals surface area contributed by atoms with Crippen LogP contribution in [0.25, 0.3) is 0 Å². The first kappa shape index (κ1) is 19.7. The summed E-state index contributed by atoms with van der Waals surface area (Å²) in [6.07, 6.45) is 0.963. The lowest BCUT2D eigenvalue weighted by Crippen LogP contribution is -2.55. The second-order valence-corrected chi connectivity index (χ2v) is 7.58. The Morgan fingerprint density at radius 1 is 1.44 bits per heavy atom. The predicted octanol–water partition coefficient (Wildman–Crippen LogP) is 3.16. The van der Waals surface area contributed by atoms with Crippen molar-refractivity contribution in [1.82, 2.24) is 4.90 Å². The van der Waals surface area contributed by atoms with E-state index in [-0.39, 0.29) is 0 Å². The first-order valence-electron chi connectivity index (χ1n) is 9.23. The number of likely N-dealkylation sites (tertiary alicyclic amines) is 1. The normalized spacial score (nSPS) is 24.4.